The second-order valence-corrected chi connectivity index (χ2v) is 8.28. The van der Waals surface area contributed by atoms with Crippen LogP contribution in [-0.2, 0) is 4.74 Å². The Morgan fingerprint density at radius 3 is 2.03 bits per heavy atom. The van der Waals surface area contributed by atoms with Gasteiger partial charge in [-0.25, -0.2) is 9.18 Å². The number of hydrogen-bond acceptors (Lipinski definition) is 3. The van der Waals surface area contributed by atoms with Crippen LogP contribution in [0.5, 0.6) is 5.75 Å². The van der Waals surface area contributed by atoms with Gasteiger partial charge in [0.25, 0.3) is 0 Å². The van der Waals surface area contributed by atoms with Gasteiger partial charge in [-0.15, -0.1) is 0 Å². The van der Waals surface area contributed by atoms with Crippen LogP contribution >= 0.6 is 0 Å². The largest absolute Gasteiger partial charge is 0.494 e. The van der Waals surface area contributed by atoms with Crippen LogP contribution in [0.1, 0.15) is 99.5 Å². The summed E-state index contributed by atoms with van der Waals surface area (Å²) in [6.45, 7) is 5.27. The number of esters is 1. The summed E-state index contributed by atoms with van der Waals surface area (Å²) >= 11 is 0. The van der Waals surface area contributed by atoms with Crippen molar-refractivity contribution in [2.45, 2.75) is 78.1 Å². The highest BCUT2D eigenvalue weighted by molar-refractivity contribution is 5.89. The summed E-state index contributed by atoms with van der Waals surface area (Å²) in [4.78, 5) is 11.9. The predicted octanol–water partition coefficient (Wildman–Crippen LogP) is 7.70. The molecule has 0 aromatic heterocycles. The van der Waals surface area contributed by atoms with Gasteiger partial charge in [-0.1, -0.05) is 77.1 Å². The monoisotopic (exact) mass is 452 g/mol. The molecule has 0 unspecified atom stereocenters. The van der Waals surface area contributed by atoms with Gasteiger partial charge in [0.15, 0.2) is 0 Å². The van der Waals surface area contributed by atoms with E-state index in [1.165, 1.54) is 57.1 Å². The summed E-state index contributed by atoms with van der Waals surface area (Å²) in [6, 6.07) is 11.9. The van der Waals surface area contributed by atoms with Gasteiger partial charge < -0.3 is 9.47 Å². The van der Waals surface area contributed by atoms with E-state index in [1.807, 2.05) is 31.2 Å². The highest BCUT2D eigenvalue weighted by Crippen LogP contribution is 2.15. The quantitative estimate of drug-likeness (QED) is 0.167. The third-order valence-electron chi connectivity index (χ3n) is 5.39. The first-order chi connectivity index (χ1) is 16.1. The molecular weight excluding hydrogens is 415 g/mol. The highest BCUT2D eigenvalue weighted by Gasteiger charge is 2.13. The predicted molar refractivity (Wildman–Crippen MR) is 132 cm³/mol. The molecule has 0 aliphatic carbocycles. The molecule has 4 heteroatoms. The lowest BCUT2D eigenvalue weighted by Gasteiger charge is -2.06. The molecule has 2 aromatic carbocycles. The SMILES string of the molecule is CCCCCCCCCCOc1ccc(C#Cc2ccc(C(=O)OCCCC)c(F)c2)cc1. The Kier molecular flexibility index (Phi) is 12.8. The fraction of sp³-hybridized carbons (Fsp3) is 0.483. The molecule has 0 spiro atoms. The number of halogens is 1. The molecule has 0 N–H and O–H groups in total. The van der Waals surface area contributed by atoms with Crippen molar-refractivity contribution >= 4 is 5.97 Å². The molecule has 0 atom stereocenters. The summed E-state index contributed by atoms with van der Waals surface area (Å²) in [6.07, 6.45) is 11.9. The van der Waals surface area contributed by atoms with Gasteiger partial charge in [-0.3, -0.25) is 0 Å². The Balaban J connectivity index is 1.76. The smallest absolute Gasteiger partial charge is 0.341 e. The third-order valence-corrected chi connectivity index (χ3v) is 5.39. The maximum Gasteiger partial charge on any atom is 0.341 e. The molecule has 2 aromatic rings. The zero-order valence-corrected chi connectivity index (χ0v) is 20.1. The summed E-state index contributed by atoms with van der Waals surface area (Å²) < 4.78 is 25.2. The topological polar surface area (TPSA) is 35.5 Å². The van der Waals surface area contributed by atoms with Crippen molar-refractivity contribution in [1.82, 2.24) is 0 Å². The molecule has 0 radical (unpaired) electrons. The second kappa shape index (κ2) is 15.9. The lowest BCUT2D eigenvalue weighted by atomic mass is 10.1. The van der Waals surface area contributed by atoms with Crippen molar-refractivity contribution in [1.29, 1.82) is 0 Å². The second-order valence-electron chi connectivity index (χ2n) is 8.28. The Labute approximate surface area is 198 Å². The van der Waals surface area contributed by atoms with Crippen molar-refractivity contribution in [2.24, 2.45) is 0 Å². The van der Waals surface area contributed by atoms with E-state index in [2.05, 4.69) is 18.8 Å². The Morgan fingerprint density at radius 1 is 0.758 bits per heavy atom. The van der Waals surface area contributed by atoms with E-state index in [4.69, 9.17) is 9.47 Å². The van der Waals surface area contributed by atoms with E-state index >= 15 is 0 Å². The first-order valence-corrected chi connectivity index (χ1v) is 12.4. The van der Waals surface area contributed by atoms with Crippen LogP contribution < -0.4 is 4.74 Å². The van der Waals surface area contributed by atoms with Crippen molar-refractivity contribution in [3.63, 3.8) is 0 Å². The fourth-order valence-corrected chi connectivity index (χ4v) is 3.35. The Morgan fingerprint density at radius 2 is 1.36 bits per heavy atom. The van der Waals surface area contributed by atoms with Crippen molar-refractivity contribution in [2.75, 3.05) is 13.2 Å². The zero-order chi connectivity index (χ0) is 23.7. The number of ether oxygens (including phenoxy) is 2. The molecular formula is C29H37FO3. The minimum Gasteiger partial charge on any atom is -0.494 e. The van der Waals surface area contributed by atoms with Crippen LogP contribution in [0, 0.1) is 17.7 Å². The third kappa shape index (κ3) is 10.6. The van der Waals surface area contributed by atoms with Crippen LogP contribution in [0.2, 0.25) is 0 Å². The Bertz CT molecular complexity index is 893. The van der Waals surface area contributed by atoms with E-state index in [9.17, 15) is 9.18 Å². The fourth-order valence-electron chi connectivity index (χ4n) is 3.35. The van der Waals surface area contributed by atoms with E-state index in [0.29, 0.717) is 12.2 Å². The number of hydrogen-bond donors (Lipinski definition) is 0. The summed E-state index contributed by atoms with van der Waals surface area (Å²) in [5.74, 6) is 5.54. The van der Waals surface area contributed by atoms with Crippen LogP contribution in [0.15, 0.2) is 42.5 Å². The number of carbonyl (C=O) groups is 1. The van der Waals surface area contributed by atoms with E-state index in [1.54, 1.807) is 6.07 Å². The minimum atomic E-state index is -0.636. The Hall–Kier alpha value is -2.80. The number of carbonyl (C=O) groups excluding carboxylic acids is 1. The van der Waals surface area contributed by atoms with Gasteiger partial charge in [0.05, 0.1) is 18.8 Å². The molecule has 178 valence electrons. The maximum atomic E-state index is 14.3. The standard InChI is InChI=1S/C29H37FO3/c1-3-5-7-8-9-10-11-12-22-32-26-18-15-24(16-19-26)13-14-25-17-20-27(28(30)23-25)29(31)33-21-6-4-2/h15-20,23H,3-12,21-22H2,1-2H3. The maximum absolute atomic E-state index is 14.3. The molecule has 0 bridgehead atoms. The van der Waals surface area contributed by atoms with E-state index in [-0.39, 0.29) is 5.56 Å². The molecule has 0 amide bonds. The van der Waals surface area contributed by atoms with Gasteiger partial charge in [0.2, 0.25) is 0 Å². The molecule has 0 heterocycles. The normalized spacial score (nSPS) is 10.4. The number of rotatable bonds is 14. The first kappa shape index (κ1) is 26.5. The lowest BCUT2D eigenvalue weighted by Crippen LogP contribution is -2.08. The molecule has 0 saturated heterocycles. The minimum absolute atomic E-state index is 0.0605. The lowest BCUT2D eigenvalue weighted by molar-refractivity contribution is 0.0494. The van der Waals surface area contributed by atoms with Gasteiger partial charge in [0.1, 0.15) is 11.6 Å². The highest BCUT2D eigenvalue weighted by atomic mass is 19.1. The molecule has 0 fully saturated rings. The van der Waals surface area contributed by atoms with Crippen LogP contribution in [0.25, 0.3) is 0 Å². The molecule has 2 rings (SSSR count). The van der Waals surface area contributed by atoms with Crippen molar-refractivity contribution < 1.29 is 18.7 Å². The molecule has 33 heavy (non-hydrogen) atoms. The summed E-state index contributed by atoms with van der Waals surface area (Å²) in [5.41, 5.74) is 1.26. The van der Waals surface area contributed by atoms with Crippen LogP contribution in [0.4, 0.5) is 4.39 Å². The van der Waals surface area contributed by atoms with Gasteiger partial charge in [-0.2, -0.15) is 0 Å². The van der Waals surface area contributed by atoms with E-state index < -0.39 is 11.8 Å². The average Bonchev–Trinajstić information content (AvgIpc) is 2.82. The molecule has 0 aliphatic rings. The van der Waals surface area contributed by atoms with E-state index in [0.717, 1.165) is 37.2 Å². The number of benzene rings is 2. The van der Waals surface area contributed by atoms with Gasteiger partial charge in [0, 0.05) is 11.1 Å². The summed E-state index contributed by atoms with van der Waals surface area (Å²) in [5, 5.41) is 0. The van der Waals surface area contributed by atoms with Gasteiger partial charge >= 0.3 is 5.97 Å². The average molecular weight is 453 g/mol. The van der Waals surface area contributed by atoms with Gasteiger partial charge in [-0.05, 0) is 55.3 Å². The van der Waals surface area contributed by atoms with Crippen LogP contribution in [0.3, 0.4) is 0 Å². The zero-order valence-electron chi connectivity index (χ0n) is 20.1. The molecule has 3 nitrogen and oxygen atoms in total. The summed E-state index contributed by atoms with van der Waals surface area (Å²) in [7, 11) is 0. The van der Waals surface area contributed by atoms with Crippen molar-refractivity contribution in [3.05, 3.63) is 65.0 Å². The van der Waals surface area contributed by atoms with Crippen LogP contribution in [-0.4, -0.2) is 19.2 Å². The first-order valence-electron chi connectivity index (χ1n) is 12.4. The molecule has 0 saturated carbocycles. The molecule has 0 aliphatic heterocycles. The number of unbranched alkanes of at least 4 members (excludes halogenated alkanes) is 8. The van der Waals surface area contributed by atoms with Crippen molar-refractivity contribution in [3.8, 4) is 17.6 Å².